The molecule has 1 aromatic carbocycles. The van der Waals surface area contributed by atoms with Crippen LogP contribution in [0.25, 0.3) is 0 Å². The Morgan fingerprint density at radius 1 is 1.28 bits per heavy atom. The van der Waals surface area contributed by atoms with Gasteiger partial charge in [-0.25, -0.2) is 0 Å². The molecule has 1 aliphatic carbocycles. The molecular formula is C14H20ClNO2. The average molecular weight is 270 g/mol. The van der Waals surface area contributed by atoms with Gasteiger partial charge in [0.2, 0.25) is 0 Å². The number of benzene rings is 1. The molecule has 0 atom stereocenters. The maximum atomic E-state index is 6.29. The minimum Gasteiger partial charge on any atom is -0.496 e. The predicted octanol–water partition coefficient (Wildman–Crippen LogP) is 3.05. The Balaban J connectivity index is 2.60. The van der Waals surface area contributed by atoms with Gasteiger partial charge >= 0.3 is 0 Å². The van der Waals surface area contributed by atoms with E-state index in [0.717, 1.165) is 29.7 Å². The van der Waals surface area contributed by atoms with Crippen LogP contribution in [-0.2, 0) is 5.41 Å². The summed E-state index contributed by atoms with van der Waals surface area (Å²) in [6.45, 7) is 2.60. The molecule has 0 heterocycles. The van der Waals surface area contributed by atoms with E-state index in [4.69, 9.17) is 26.8 Å². The van der Waals surface area contributed by atoms with Gasteiger partial charge in [-0.3, -0.25) is 0 Å². The van der Waals surface area contributed by atoms with Gasteiger partial charge in [-0.05, 0) is 25.8 Å². The Hall–Kier alpha value is -0.930. The molecule has 2 rings (SSSR count). The van der Waals surface area contributed by atoms with Crippen molar-refractivity contribution in [1.82, 2.24) is 0 Å². The second-order valence-electron chi connectivity index (χ2n) is 4.94. The van der Waals surface area contributed by atoms with E-state index in [1.165, 1.54) is 6.42 Å². The van der Waals surface area contributed by atoms with Crippen LogP contribution in [-0.4, -0.2) is 20.8 Å². The van der Waals surface area contributed by atoms with Crippen molar-refractivity contribution in [3.8, 4) is 11.5 Å². The number of hydrogen-bond donors (Lipinski definition) is 1. The van der Waals surface area contributed by atoms with Crippen LogP contribution in [0.1, 0.15) is 30.4 Å². The average Bonchev–Trinajstić information content (AvgIpc) is 2.29. The highest BCUT2D eigenvalue weighted by Gasteiger charge is 2.40. The van der Waals surface area contributed by atoms with Crippen LogP contribution in [0.4, 0.5) is 0 Å². The van der Waals surface area contributed by atoms with E-state index < -0.39 is 0 Å². The quantitative estimate of drug-likeness (QED) is 0.914. The zero-order valence-electron chi connectivity index (χ0n) is 11.2. The maximum Gasteiger partial charge on any atom is 0.144 e. The van der Waals surface area contributed by atoms with Gasteiger partial charge in [0, 0.05) is 23.1 Å². The Labute approximate surface area is 113 Å². The van der Waals surface area contributed by atoms with Crippen LogP contribution < -0.4 is 15.2 Å². The fourth-order valence-corrected chi connectivity index (χ4v) is 3.16. The van der Waals surface area contributed by atoms with Crippen molar-refractivity contribution in [1.29, 1.82) is 0 Å². The third kappa shape index (κ3) is 1.86. The van der Waals surface area contributed by atoms with Crippen LogP contribution >= 0.6 is 11.6 Å². The van der Waals surface area contributed by atoms with Gasteiger partial charge in [0.15, 0.2) is 0 Å². The van der Waals surface area contributed by atoms with Crippen LogP contribution in [0, 0.1) is 6.92 Å². The fraction of sp³-hybridized carbons (Fsp3) is 0.571. The highest BCUT2D eigenvalue weighted by atomic mass is 35.5. The van der Waals surface area contributed by atoms with E-state index in [0.29, 0.717) is 17.3 Å². The van der Waals surface area contributed by atoms with E-state index in [9.17, 15) is 0 Å². The predicted molar refractivity (Wildman–Crippen MR) is 73.9 cm³/mol. The molecule has 0 unspecified atom stereocenters. The maximum absolute atomic E-state index is 6.29. The van der Waals surface area contributed by atoms with E-state index in [-0.39, 0.29) is 5.41 Å². The summed E-state index contributed by atoms with van der Waals surface area (Å²) in [5, 5.41) is 0.630. The zero-order valence-corrected chi connectivity index (χ0v) is 11.9. The minimum atomic E-state index is 0.0337. The number of halogens is 1. The third-order valence-electron chi connectivity index (χ3n) is 4.09. The first-order chi connectivity index (χ1) is 8.59. The fourth-order valence-electron chi connectivity index (χ4n) is 2.84. The second-order valence-corrected chi connectivity index (χ2v) is 5.34. The summed E-state index contributed by atoms with van der Waals surface area (Å²) in [6, 6.07) is 1.96. The monoisotopic (exact) mass is 269 g/mol. The SMILES string of the molecule is COc1c(Cl)cc(C2(CN)CCC2)c(OC)c1C. The van der Waals surface area contributed by atoms with Crippen LogP contribution in [0.3, 0.4) is 0 Å². The molecule has 4 heteroatoms. The Bertz CT molecular complexity index is 450. The second kappa shape index (κ2) is 4.98. The van der Waals surface area contributed by atoms with E-state index in [1.807, 2.05) is 13.0 Å². The molecule has 0 amide bonds. The van der Waals surface area contributed by atoms with Crippen LogP contribution in [0.5, 0.6) is 11.5 Å². The van der Waals surface area contributed by atoms with Crippen molar-refractivity contribution >= 4 is 11.6 Å². The summed E-state index contributed by atoms with van der Waals surface area (Å²) in [4.78, 5) is 0. The lowest BCUT2D eigenvalue weighted by atomic mass is 9.64. The summed E-state index contributed by atoms with van der Waals surface area (Å²) in [7, 11) is 3.30. The van der Waals surface area contributed by atoms with Crippen molar-refractivity contribution in [2.24, 2.45) is 5.73 Å². The first-order valence-electron chi connectivity index (χ1n) is 6.21. The third-order valence-corrected chi connectivity index (χ3v) is 4.38. The molecule has 0 aliphatic heterocycles. The Kier molecular flexibility index (Phi) is 3.74. The molecule has 0 saturated heterocycles. The van der Waals surface area contributed by atoms with Gasteiger partial charge in [0.1, 0.15) is 11.5 Å². The zero-order chi connectivity index (χ0) is 13.3. The van der Waals surface area contributed by atoms with Crippen molar-refractivity contribution in [3.05, 3.63) is 22.2 Å². The molecule has 18 heavy (non-hydrogen) atoms. The number of nitrogens with two attached hydrogens (primary N) is 1. The van der Waals surface area contributed by atoms with E-state index >= 15 is 0 Å². The van der Waals surface area contributed by atoms with Gasteiger partial charge in [0.05, 0.1) is 19.2 Å². The van der Waals surface area contributed by atoms with E-state index in [2.05, 4.69) is 0 Å². The topological polar surface area (TPSA) is 44.5 Å². The van der Waals surface area contributed by atoms with Gasteiger partial charge in [-0.2, -0.15) is 0 Å². The molecule has 2 N–H and O–H groups in total. The van der Waals surface area contributed by atoms with Crippen molar-refractivity contribution in [2.45, 2.75) is 31.6 Å². The highest BCUT2D eigenvalue weighted by Crippen LogP contribution is 2.50. The summed E-state index contributed by atoms with van der Waals surface area (Å²) in [5.74, 6) is 1.55. The molecule has 1 aliphatic rings. The lowest BCUT2D eigenvalue weighted by Gasteiger charge is -2.42. The summed E-state index contributed by atoms with van der Waals surface area (Å²) in [6.07, 6.45) is 3.41. The molecule has 0 bridgehead atoms. The van der Waals surface area contributed by atoms with Crippen LogP contribution in [0.2, 0.25) is 5.02 Å². The van der Waals surface area contributed by atoms with E-state index in [1.54, 1.807) is 14.2 Å². The standard InChI is InChI=1S/C14H20ClNO2/c1-9-12(17-2)10(7-11(15)13(9)18-3)14(8-16)5-4-6-14/h7H,4-6,8,16H2,1-3H3. The van der Waals surface area contributed by atoms with Crippen molar-refractivity contribution in [2.75, 3.05) is 20.8 Å². The van der Waals surface area contributed by atoms with Gasteiger partial charge in [0.25, 0.3) is 0 Å². The first kappa shape index (κ1) is 13.5. The molecule has 3 nitrogen and oxygen atoms in total. The largest absolute Gasteiger partial charge is 0.496 e. The number of hydrogen-bond acceptors (Lipinski definition) is 3. The van der Waals surface area contributed by atoms with Crippen molar-refractivity contribution in [3.63, 3.8) is 0 Å². The first-order valence-corrected chi connectivity index (χ1v) is 6.59. The van der Waals surface area contributed by atoms with Crippen LogP contribution in [0.15, 0.2) is 6.07 Å². The number of ether oxygens (including phenoxy) is 2. The van der Waals surface area contributed by atoms with Gasteiger partial charge < -0.3 is 15.2 Å². The summed E-state index contributed by atoms with van der Waals surface area (Å²) >= 11 is 6.29. The Morgan fingerprint density at radius 3 is 2.28 bits per heavy atom. The normalized spacial score (nSPS) is 17.2. The van der Waals surface area contributed by atoms with Gasteiger partial charge in [-0.1, -0.05) is 18.0 Å². The minimum absolute atomic E-state index is 0.0337. The molecule has 0 spiro atoms. The molecule has 0 radical (unpaired) electrons. The molecule has 100 valence electrons. The summed E-state index contributed by atoms with van der Waals surface area (Å²) < 4.78 is 10.9. The lowest BCUT2D eigenvalue weighted by molar-refractivity contribution is 0.242. The van der Waals surface area contributed by atoms with Crippen molar-refractivity contribution < 1.29 is 9.47 Å². The molecule has 1 saturated carbocycles. The molecule has 1 aromatic rings. The highest BCUT2D eigenvalue weighted by molar-refractivity contribution is 6.32. The number of rotatable bonds is 4. The Morgan fingerprint density at radius 2 is 1.89 bits per heavy atom. The smallest absolute Gasteiger partial charge is 0.144 e. The molecule has 1 fully saturated rings. The molecular weight excluding hydrogens is 250 g/mol. The summed E-state index contributed by atoms with van der Waals surface area (Å²) in [5.41, 5.74) is 8.07. The van der Waals surface area contributed by atoms with Gasteiger partial charge in [-0.15, -0.1) is 0 Å². The molecule has 0 aromatic heterocycles. The lowest BCUT2D eigenvalue weighted by Crippen LogP contribution is -2.41. The number of methoxy groups -OCH3 is 2.